The molecule has 1 aliphatic rings. The molecule has 1 aliphatic heterocycles. The van der Waals surface area contributed by atoms with Gasteiger partial charge in [-0.05, 0) is 79.4 Å². The van der Waals surface area contributed by atoms with E-state index < -0.39 is 22.7 Å². The predicted molar refractivity (Wildman–Crippen MR) is 144 cm³/mol. The van der Waals surface area contributed by atoms with Crippen molar-refractivity contribution >= 4 is 40.2 Å². The average Bonchev–Trinajstić information content (AvgIpc) is 3.35. The molecule has 0 bridgehead atoms. The Morgan fingerprint density at radius 1 is 1.00 bits per heavy atom. The second-order valence-corrected chi connectivity index (χ2v) is 10.8. The topological polar surface area (TPSA) is 92.4 Å². The molecule has 0 radical (unpaired) electrons. The number of nitrogens with zero attached hydrogens (tertiary/aromatic N) is 4. The minimum atomic E-state index is -2.34. The Morgan fingerprint density at radius 3 is 2.43 bits per heavy atom. The van der Waals surface area contributed by atoms with Crippen LogP contribution in [0.3, 0.4) is 0 Å². The van der Waals surface area contributed by atoms with Gasteiger partial charge in [-0.15, -0.1) is 0 Å². The zero-order valence-corrected chi connectivity index (χ0v) is 22.9. The maximum atomic E-state index is 11.6. The molecular formula is C27H23Cl2N4O3S-. The van der Waals surface area contributed by atoms with Crippen LogP contribution < -0.4 is 0 Å². The predicted octanol–water partition coefficient (Wildman–Crippen LogP) is 6.50. The van der Waals surface area contributed by atoms with Crippen molar-refractivity contribution < 1.29 is 13.5 Å². The lowest BCUT2D eigenvalue weighted by Gasteiger charge is -2.31. The third-order valence-electron chi connectivity index (χ3n) is 6.45. The molecular weight excluding hydrogens is 531 g/mol. The highest BCUT2D eigenvalue weighted by Crippen LogP contribution is 2.48. The summed E-state index contributed by atoms with van der Waals surface area (Å²) in [6, 6.07) is 16.5. The molecule has 0 amide bonds. The first-order valence-corrected chi connectivity index (χ1v) is 13.3. The Bertz CT molecular complexity index is 1570. The number of benzene rings is 2. The lowest BCUT2D eigenvalue weighted by molar-refractivity contribution is 0.146. The largest absolute Gasteiger partial charge is 0.768 e. The Hall–Kier alpha value is -3.04. The summed E-state index contributed by atoms with van der Waals surface area (Å²) in [6.07, 6.45) is 1.27. The summed E-state index contributed by atoms with van der Waals surface area (Å²) in [7, 11) is 0. The molecule has 3 atom stereocenters. The Labute approximate surface area is 227 Å². The van der Waals surface area contributed by atoms with Crippen LogP contribution in [0.1, 0.15) is 42.6 Å². The van der Waals surface area contributed by atoms with E-state index >= 15 is 0 Å². The van der Waals surface area contributed by atoms with Gasteiger partial charge in [0.05, 0.1) is 5.69 Å². The first-order chi connectivity index (χ1) is 17.5. The van der Waals surface area contributed by atoms with Crippen molar-refractivity contribution in [3.63, 3.8) is 0 Å². The summed E-state index contributed by atoms with van der Waals surface area (Å²) < 4.78 is 31.4. The van der Waals surface area contributed by atoms with E-state index in [1.54, 1.807) is 30.5 Å². The normalized spacial score (nSPS) is 20.0. The molecule has 4 aromatic rings. The minimum Gasteiger partial charge on any atom is -0.768 e. The van der Waals surface area contributed by atoms with Crippen molar-refractivity contribution in [1.82, 2.24) is 14.5 Å². The third kappa shape index (κ3) is 4.82. The summed E-state index contributed by atoms with van der Waals surface area (Å²) in [5.74, 6) is 1.25. The highest BCUT2D eigenvalue weighted by Gasteiger charge is 2.45. The molecule has 7 nitrogen and oxygen atoms in total. The molecule has 2 aromatic heterocycles. The van der Waals surface area contributed by atoms with Crippen molar-refractivity contribution in [1.29, 1.82) is 0 Å². The Balaban J connectivity index is 1.76. The second-order valence-electron chi connectivity index (χ2n) is 9.12. The van der Waals surface area contributed by atoms with Gasteiger partial charge in [-0.1, -0.05) is 41.4 Å². The van der Waals surface area contributed by atoms with Crippen molar-refractivity contribution in [3.05, 3.63) is 93.7 Å². The van der Waals surface area contributed by atoms with Crippen LogP contribution in [0.25, 0.3) is 16.8 Å². The van der Waals surface area contributed by atoms with Gasteiger partial charge in [0, 0.05) is 34.8 Å². The van der Waals surface area contributed by atoms with E-state index in [2.05, 4.69) is 9.97 Å². The molecule has 3 unspecified atom stereocenters. The van der Waals surface area contributed by atoms with E-state index in [-0.39, 0.29) is 4.90 Å². The van der Waals surface area contributed by atoms with Gasteiger partial charge in [-0.2, -0.15) is 0 Å². The monoisotopic (exact) mass is 553 g/mol. The zero-order valence-electron chi connectivity index (χ0n) is 20.5. The van der Waals surface area contributed by atoms with E-state index in [0.717, 1.165) is 33.6 Å². The van der Waals surface area contributed by atoms with E-state index in [9.17, 15) is 8.76 Å². The molecule has 0 fully saturated rings. The van der Waals surface area contributed by atoms with Gasteiger partial charge in [0.15, 0.2) is 12.0 Å². The van der Waals surface area contributed by atoms with Crippen LogP contribution in [0.5, 0.6) is 0 Å². The molecule has 0 aliphatic carbocycles. The van der Waals surface area contributed by atoms with Crippen LogP contribution in [0.15, 0.2) is 70.7 Å². The molecule has 2 aromatic carbocycles. The molecule has 0 saturated heterocycles. The lowest BCUT2D eigenvalue weighted by Crippen LogP contribution is -2.27. The Morgan fingerprint density at radius 2 is 1.76 bits per heavy atom. The van der Waals surface area contributed by atoms with Crippen molar-refractivity contribution in [2.24, 2.45) is 4.99 Å². The highest BCUT2D eigenvalue weighted by atomic mass is 35.5. The molecule has 3 heterocycles. The number of aryl methyl sites for hydroxylation is 2. The van der Waals surface area contributed by atoms with E-state index in [1.165, 1.54) is 0 Å². The SMILES string of the molecule is CC1=NC(C)(c2cc(-c3cccc(S(=O)[O-])c3)ccc2-n2cc(Cl)nc2C)C(c2cc(C)nc(Cl)c2)O1. The summed E-state index contributed by atoms with van der Waals surface area (Å²) in [4.78, 5) is 13.9. The van der Waals surface area contributed by atoms with E-state index in [0.29, 0.717) is 22.0 Å². The maximum Gasteiger partial charge on any atom is 0.181 e. The fourth-order valence-electron chi connectivity index (χ4n) is 4.89. The minimum absolute atomic E-state index is 0.212. The number of rotatable bonds is 5. The van der Waals surface area contributed by atoms with Crippen LogP contribution >= 0.6 is 23.2 Å². The number of aliphatic imine (C=N–C) groups is 1. The highest BCUT2D eigenvalue weighted by molar-refractivity contribution is 7.79. The number of halogens is 2. The first kappa shape index (κ1) is 25.6. The first-order valence-electron chi connectivity index (χ1n) is 11.5. The molecule has 0 N–H and O–H groups in total. The van der Waals surface area contributed by atoms with Gasteiger partial charge >= 0.3 is 0 Å². The third-order valence-corrected chi connectivity index (χ3v) is 7.46. The average molecular weight is 554 g/mol. The van der Waals surface area contributed by atoms with Crippen LogP contribution in [0.2, 0.25) is 10.3 Å². The second kappa shape index (κ2) is 9.68. The standard InChI is InChI=1S/C27H24Cl2N4O3S/c1-15-10-20(13-24(28)30-15)26-27(4,32-17(3)36-26)22-12-19(18-6-5-7-21(11-18)37(34)35)8-9-23(22)33-14-25(29)31-16(33)2/h5-14,26H,1-4H3,(H,34,35)/p-1. The van der Waals surface area contributed by atoms with Crippen molar-refractivity contribution in [2.75, 3.05) is 0 Å². The number of aromatic nitrogens is 3. The number of ether oxygens (including phenoxy) is 1. The number of pyridine rings is 1. The van der Waals surface area contributed by atoms with E-state index in [1.807, 2.05) is 62.6 Å². The number of hydrogen-bond donors (Lipinski definition) is 0. The summed E-state index contributed by atoms with van der Waals surface area (Å²) in [6.45, 7) is 7.59. The maximum absolute atomic E-state index is 11.6. The lowest BCUT2D eigenvalue weighted by atomic mass is 9.81. The fraction of sp³-hybridized carbons (Fsp3) is 0.222. The fourth-order valence-corrected chi connectivity index (χ4v) is 5.78. The van der Waals surface area contributed by atoms with Crippen molar-refractivity contribution in [3.8, 4) is 16.8 Å². The zero-order chi connectivity index (χ0) is 26.5. The van der Waals surface area contributed by atoms with Gasteiger partial charge in [-0.3, -0.25) is 4.21 Å². The van der Waals surface area contributed by atoms with Crippen LogP contribution in [-0.4, -0.2) is 29.2 Å². The summed E-state index contributed by atoms with van der Waals surface area (Å²) in [5.41, 5.74) is 4.02. The molecule has 37 heavy (non-hydrogen) atoms. The van der Waals surface area contributed by atoms with Gasteiger partial charge in [0.25, 0.3) is 0 Å². The Kier molecular flexibility index (Phi) is 6.70. The summed E-state index contributed by atoms with van der Waals surface area (Å²) >= 11 is 10.2. The van der Waals surface area contributed by atoms with Gasteiger partial charge < -0.3 is 13.9 Å². The van der Waals surface area contributed by atoms with Gasteiger partial charge in [0.1, 0.15) is 21.7 Å². The van der Waals surface area contributed by atoms with Gasteiger partial charge in [-0.25, -0.2) is 15.0 Å². The van der Waals surface area contributed by atoms with Crippen LogP contribution in [-0.2, 0) is 21.4 Å². The number of hydrogen-bond acceptors (Lipinski definition) is 6. The molecule has 190 valence electrons. The molecule has 0 saturated carbocycles. The molecule has 10 heteroatoms. The number of imidazole rings is 1. The van der Waals surface area contributed by atoms with Gasteiger partial charge in [0.2, 0.25) is 0 Å². The van der Waals surface area contributed by atoms with Crippen molar-refractivity contribution in [2.45, 2.75) is 44.2 Å². The smallest absolute Gasteiger partial charge is 0.181 e. The quantitative estimate of drug-likeness (QED) is 0.207. The van der Waals surface area contributed by atoms with Crippen LogP contribution in [0, 0.1) is 13.8 Å². The van der Waals surface area contributed by atoms with E-state index in [4.69, 9.17) is 32.9 Å². The summed E-state index contributed by atoms with van der Waals surface area (Å²) in [5, 5.41) is 0.748. The van der Waals surface area contributed by atoms with Crippen LogP contribution in [0.4, 0.5) is 0 Å². The molecule has 0 spiro atoms. The molecule has 5 rings (SSSR count).